The molecule has 55 heavy (non-hydrogen) atoms. The van der Waals surface area contributed by atoms with E-state index < -0.39 is 41.3 Å². The van der Waals surface area contributed by atoms with Crippen molar-refractivity contribution >= 4 is 35.0 Å². The molecule has 0 saturated carbocycles. The number of imidazole rings is 1. The predicted octanol–water partition coefficient (Wildman–Crippen LogP) is 4.74. The highest BCUT2D eigenvalue weighted by molar-refractivity contribution is 5.90. The summed E-state index contributed by atoms with van der Waals surface area (Å²) < 4.78 is 19.4. The molecule has 1 fully saturated rings. The number of aromatic nitrogens is 4. The van der Waals surface area contributed by atoms with Gasteiger partial charge in [-0.25, -0.2) is 4.98 Å². The van der Waals surface area contributed by atoms with Crippen LogP contribution >= 0.6 is 0 Å². The molecule has 14 heteroatoms. The molecule has 1 aliphatic heterocycles. The number of benzene rings is 4. The Hall–Kier alpha value is -6.64. The van der Waals surface area contributed by atoms with Crippen LogP contribution in [0.2, 0.25) is 0 Å². The average Bonchev–Trinajstić information content (AvgIpc) is 3.65. The number of fused-ring (bicyclic) bond motifs is 1. The molecule has 0 spiro atoms. The molecule has 7 rings (SSSR count). The summed E-state index contributed by atoms with van der Waals surface area (Å²) in [7, 11) is 0. The van der Waals surface area contributed by atoms with E-state index in [4.69, 9.17) is 19.3 Å². The number of ether oxygens (including phenoxy) is 3. The van der Waals surface area contributed by atoms with Crippen molar-refractivity contribution in [3.8, 4) is 5.75 Å². The number of carbonyl (C=O) groups is 3. The van der Waals surface area contributed by atoms with Crippen LogP contribution < -0.4 is 15.6 Å². The second-order valence-corrected chi connectivity index (χ2v) is 12.9. The fourth-order valence-corrected chi connectivity index (χ4v) is 6.92. The topological polar surface area (TPSA) is 178 Å². The minimum absolute atomic E-state index is 0.0244. The van der Waals surface area contributed by atoms with Gasteiger partial charge in [-0.05, 0) is 28.8 Å². The fourth-order valence-electron chi connectivity index (χ4n) is 6.92. The molecule has 4 aromatic carbocycles. The SMILES string of the molecule is O=C(O)CCC(=O)OCC1CN(C(c2ccccc2)(c2ccccc2)c2ccccc2)CC(n2cnc3c(=O)[nH]c(NC(=O)COc4ccccc4)nc32)O1. The Kier molecular flexibility index (Phi) is 11.1. The number of carboxylic acid groups (broad SMARTS) is 1. The van der Waals surface area contributed by atoms with Crippen molar-refractivity contribution < 1.29 is 33.7 Å². The lowest BCUT2D eigenvalue weighted by molar-refractivity contribution is -0.169. The second-order valence-electron chi connectivity index (χ2n) is 12.9. The van der Waals surface area contributed by atoms with E-state index in [1.54, 1.807) is 28.8 Å². The van der Waals surface area contributed by atoms with Crippen molar-refractivity contribution in [2.24, 2.45) is 0 Å². The van der Waals surface area contributed by atoms with Crippen LogP contribution in [0.3, 0.4) is 0 Å². The summed E-state index contributed by atoms with van der Waals surface area (Å²) in [6.45, 7) is 0.0296. The van der Waals surface area contributed by atoms with Crippen LogP contribution in [-0.2, 0) is 29.4 Å². The van der Waals surface area contributed by atoms with Gasteiger partial charge < -0.3 is 19.3 Å². The Morgan fingerprint density at radius 2 is 1.42 bits per heavy atom. The number of H-pyrrole nitrogens is 1. The number of aromatic amines is 1. The molecule has 1 aliphatic rings. The van der Waals surface area contributed by atoms with Crippen LogP contribution in [0.15, 0.2) is 132 Å². The molecular formula is C41H38N6O8. The zero-order valence-corrected chi connectivity index (χ0v) is 29.6. The molecule has 6 aromatic rings. The van der Waals surface area contributed by atoms with Crippen molar-refractivity contribution in [3.05, 3.63) is 155 Å². The largest absolute Gasteiger partial charge is 0.484 e. The van der Waals surface area contributed by atoms with Gasteiger partial charge in [-0.2, -0.15) is 4.98 Å². The molecule has 0 bridgehead atoms. The number of carboxylic acids is 1. The number of morpholine rings is 1. The number of nitrogens with zero attached hydrogens (tertiary/aromatic N) is 4. The van der Waals surface area contributed by atoms with E-state index in [0.29, 0.717) is 5.75 Å². The number of esters is 1. The van der Waals surface area contributed by atoms with E-state index in [2.05, 4.69) is 61.6 Å². The minimum Gasteiger partial charge on any atom is -0.484 e. The molecule has 2 aromatic heterocycles. The number of aliphatic carboxylic acids is 1. The molecule has 280 valence electrons. The Morgan fingerprint density at radius 3 is 2.00 bits per heavy atom. The molecular weight excluding hydrogens is 704 g/mol. The summed E-state index contributed by atoms with van der Waals surface area (Å²) in [6, 6.07) is 39.0. The van der Waals surface area contributed by atoms with Gasteiger partial charge in [0, 0.05) is 13.1 Å². The van der Waals surface area contributed by atoms with Crippen molar-refractivity contribution in [1.29, 1.82) is 0 Å². The van der Waals surface area contributed by atoms with Gasteiger partial charge in [-0.15, -0.1) is 0 Å². The van der Waals surface area contributed by atoms with E-state index in [1.807, 2.05) is 60.7 Å². The summed E-state index contributed by atoms with van der Waals surface area (Å²) in [5.74, 6) is -1.92. The summed E-state index contributed by atoms with van der Waals surface area (Å²) in [5.41, 5.74) is 1.62. The van der Waals surface area contributed by atoms with E-state index in [-0.39, 0.29) is 56.3 Å². The van der Waals surface area contributed by atoms with Crippen molar-refractivity contribution in [3.63, 3.8) is 0 Å². The molecule has 1 amide bonds. The Balaban J connectivity index is 1.28. The smallest absolute Gasteiger partial charge is 0.306 e. The van der Waals surface area contributed by atoms with Crippen molar-refractivity contribution in [1.82, 2.24) is 24.4 Å². The number of para-hydroxylation sites is 1. The first-order valence-corrected chi connectivity index (χ1v) is 17.7. The maximum atomic E-state index is 13.3. The van der Waals surface area contributed by atoms with Crippen LogP contribution in [0.25, 0.3) is 11.2 Å². The van der Waals surface area contributed by atoms with Crippen LogP contribution in [-0.4, -0.2) is 79.8 Å². The summed E-state index contributed by atoms with van der Waals surface area (Å²) in [4.78, 5) is 63.7. The molecule has 3 heterocycles. The highest BCUT2D eigenvalue weighted by atomic mass is 16.6. The van der Waals surface area contributed by atoms with Crippen LogP contribution in [0.4, 0.5) is 5.95 Å². The number of hydrogen-bond donors (Lipinski definition) is 3. The standard InChI is InChI=1S/C41H38N6O8/c48-33(26-53-31-19-11-4-12-20-31)43-40-44-38-37(39(52)45-40)42-27-47(38)34-24-46(23-32(55-34)25-54-36(51)22-21-35(49)50)41(28-13-5-1-6-14-28,29-15-7-2-8-16-29)30-17-9-3-10-18-30/h1-20,27,32,34H,21-26H2,(H,49,50)(H2,43,44,45,48,52). The van der Waals surface area contributed by atoms with E-state index >= 15 is 0 Å². The third kappa shape index (κ3) is 8.15. The molecule has 2 unspecified atom stereocenters. The van der Waals surface area contributed by atoms with Crippen molar-refractivity contribution in [2.75, 3.05) is 31.6 Å². The molecule has 0 aliphatic carbocycles. The highest BCUT2D eigenvalue weighted by Gasteiger charge is 2.46. The lowest BCUT2D eigenvalue weighted by Crippen LogP contribution is -2.57. The van der Waals surface area contributed by atoms with Crippen LogP contribution in [0.5, 0.6) is 5.75 Å². The van der Waals surface area contributed by atoms with Gasteiger partial charge >= 0.3 is 11.9 Å². The van der Waals surface area contributed by atoms with Gasteiger partial charge in [0.25, 0.3) is 11.5 Å². The number of carbonyl (C=O) groups excluding carboxylic acids is 2. The van der Waals surface area contributed by atoms with Crippen LogP contribution in [0, 0.1) is 0 Å². The van der Waals surface area contributed by atoms with Crippen molar-refractivity contribution in [2.45, 2.75) is 30.7 Å². The number of rotatable bonds is 14. The predicted molar refractivity (Wildman–Crippen MR) is 201 cm³/mol. The van der Waals surface area contributed by atoms with Gasteiger partial charge in [-0.1, -0.05) is 109 Å². The van der Waals surface area contributed by atoms with Gasteiger partial charge in [0.2, 0.25) is 5.95 Å². The number of hydrogen-bond acceptors (Lipinski definition) is 10. The average molecular weight is 743 g/mol. The normalized spacial score (nSPS) is 16.0. The molecule has 3 N–H and O–H groups in total. The molecule has 14 nitrogen and oxygen atoms in total. The van der Waals surface area contributed by atoms with E-state index in [9.17, 15) is 19.2 Å². The lowest BCUT2D eigenvalue weighted by atomic mass is 9.75. The zero-order chi connectivity index (χ0) is 38.2. The van der Waals surface area contributed by atoms with Gasteiger partial charge in [-0.3, -0.25) is 38.9 Å². The maximum absolute atomic E-state index is 13.3. The lowest BCUT2D eigenvalue weighted by Gasteiger charge is -2.50. The van der Waals surface area contributed by atoms with Gasteiger partial charge in [0.15, 0.2) is 17.8 Å². The quantitative estimate of drug-likeness (QED) is 0.104. The first-order chi connectivity index (χ1) is 26.8. The van der Waals surface area contributed by atoms with E-state index in [0.717, 1.165) is 16.7 Å². The number of anilines is 1. The third-order valence-electron chi connectivity index (χ3n) is 9.29. The third-order valence-corrected chi connectivity index (χ3v) is 9.29. The number of nitrogens with one attached hydrogen (secondary N) is 2. The molecule has 2 atom stereocenters. The molecule has 0 radical (unpaired) electrons. The van der Waals surface area contributed by atoms with Crippen LogP contribution in [0.1, 0.15) is 35.8 Å². The Labute approximate surface area is 315 Å². The summed E-state index contributed by atoms with van der Waals surface area (Å²) >= 11 is 0. The summed E-state index contributed by atoms with van der Waals surface area (Å²) in [5, 5.41) is 11.7. The first kappa shape index (κ1) is 36.7. The Bertz CT molecular complexity index is 2210. The first-order valence-electron chi connectivity index (χ1n) is 17.7. The van der Waals surface area contributed by atoms with E-state index in [1.165, 1.54) is 6.33 Å². The second kappa shape index (κ2) is 16.6. The highest BCUT2D eigenvalue weighted by Crippen LogP contribution is 2.44. The number of amides is 1. The zero-order valence-electron chi connectivity index (χ0n) is 29.6. The maximum Gasteiger partial charge on any atom is 0.306 e. The summed E-state index contributed by atoms with van der Waals surface area (Å²) in [6.07, 6.45) is -0.762. The van der Waals surface area contributed by atoms with Gasteiger partial charge in [0.05, 0.1) is 24.7 Å². The fraction of sp³-hybridized carbons (Fsp3) is 0.220. The minimum atomic E-state index is -1.11. The Morgan fingerprint density at radius 1 is 0.836 bits per heavy atom. The monoisotopic (exact) mass is 742 g/mol. The van der Waals surface area contributed by atoms with Gasteiger partial charge in [0.1, 0.15) is 24.7 Å². The molecule has 1 saturated heterocycles.